The summed E-state index contributed by atoms with van der Waals surface area (Å²) in [5.74, 6) is -1.80. The molecular weight excluding hydrogens is 381 g/mol. The Morgan fingerprint density at radius 3 is 2.37 bits per heavy atom. The molecule has 2 rings (SSSR count). The number of esters is 1. The summed E-state index contributed by atoms with van der Waals surface area (Å²) in [6, 6.07) is 0.838. The molecule has 0 amide bonds. The van der Waals surface area contributed by atoms with Gasteiger partial charge in [-0.1, -0.05) is 0 Å². The van der Waals surface area contributed by atoms with Gasteiger partial charge in [-0.3, -0.25) is 0 Å². The number of carbonyl (C=O) groups excluding carboxylic acids is 1. The minimum absolute atomic E-state index is 0.165. The number of halogens is 5. The molecule has 27 heavy (non-hydrogen) atoms. The summed E-state index contributed by atoms with van der Waals surface area (Å²) in [7, 11) is 0. The molecule has 0 spiro atoms. The lowest BCUT2D eigenvalue weighted by molar-refractivity contribution is -0.276. The topological polar surface area (TPSA) is 75.0 Å². The zero-order valence-corrected chi connectivity index (χ0v) is 14.7. The molecule has 0 fully saturated rings. The normalized spacial score (nSPS) is 13.9. The Bertz CT molecular complexity index is 829. The predicted molar refractivity (Wildman–Crippen MR) is 80.3 cm³/mol. The Hall–Kier alpha value is -2.50. The molecule has 0 aromatic carbocycles. The second-order valence-corrected chi connectivity index (χ2v) is 6.40. The average Bonchev–Trinajstić information content (AvgIpc) is 2.82. The number of fused-ring (bicyclic) bond motifs is 1. The van der Waals surface area contributed by atoms with E-state index in [4.69, 9.17) is 4.74 Å². The fraction of sp³-hybridized carbons (Fsp3) is 0.533. The van der Waals surface area contributed by atoms with Gasteiger partial charge in [0.05, 0.1) is 5.69 Å². The first-order valence-electron chi connectivity index (χ1n) is 7.58. The molecule has 1 atom stereocenters. The summed E-state index contributed by atoms with van der Waals surface area (Å²) in [5, 5.41) is 3.55. The van der Waals surface area contributed by atoms with Gasteiger partial charge in [0.2, 0.25) is 5.88 Å². The third kappa shape index (κ3) is 5.49. The van der Waals surface area contributed by atoms with Crippen molar-refractivity contribution in [2.24, 2.45) is 0 Å². The third-order valence-electron chi connectivity index (χ3n) is 3.03. The summed E-state index contributed by atoms with van der Waals surface area (Å²) in [5.41, 5.74) is -1.62. The Labute approximate surface area is 150 Å². The molecule has 2 aromatic heterocycles. The third-order valence-corrected chi connectivity index (χ3v) is 3.03. The van der Waals surface area contributed by atoms with E-state index in [1.807, 2.05) is 0 Å². The summed E-state index contributed by atoms with van der Waals surface area (Å²) in [6.07, 6.45) is -5.45. The van der Waals surface area contributed by atoms with Gasteiger partial charge in [-0.05, 0) is 27.7 Å². The fourth-order valence-electron chi connectivity index (χ4n) is 2.20. The van der Waals surface area contributed by atoms with Crippen molar-refractivity contribution < 1.29 is 41.0 Å². The number of alkyl halides is 5. The Morgan fingerprint density at radius 2 is 1.85 bits per heavy atom. The Balaban J connectivity index is 2.59. The molecule has 0 aliphatic heterocycles. The highest BCUT2D eigenvalue weighted by Gasteiger charge is 2.33. The van der Waals surface area contributed by atoms with Crippen LogP contribution in [0.15, 0.2) is 12.3 Å². The van der Waals surface area contributed by atoms with E-state index in [9.17, 15) is 26.7 Å². The van der Waals surface area contributed by atoms with Gasteiger partial charge in [0.15, 0.2) is 5.65 Å². The number of hydrogen-bond acceptors (Lipinski definition) is 6. The van der Waals surface area contributed by atoms with Gasteiger partial charge < -0.3 is 14.2 Å². The minimum Gasteiger partial charge on any atom is -0.456 e. The van der Waals surface area contributed by atoms with Crippen LogP contribution in [-0.4, -0.2) is 39.1 Å². The number of carbonyl (C=O) groups is 1. The van der Waals surface area contributed by atoms with E-state index in [1.165, 1.54) is 6.92 Å². The number of ether oxygens (including phenoxy) is 3. The molecule has 0 radical (unpaired) electrons. The lowest BCUT2D eigenvalue weighted by Gasteiger charge is -2.22. The molecule has 0 saturated carbocycles. The predicted octanol–water partition coefficient (Wildman–Crippen LogP) is 3.88. The van der Waals surface area contributed by atoms with Crippen molar-refractivity contribution in [3.8, 4) is 5.88 Å². The molecule has 150 valence electrons. The largest absolute Gasteiger partial charge is 0.574 e. The highest BCUT2D eigenvalue weighted by Crippen LogP contribution is 2.28. The van der Waals surface area contributed by atoms with Crippen molar-refractivity contribution in [3.63, 3.8) is 0 Å². The Morgan fingerprint density at radius 1 is 1.22 bits per heavy atom. The lowest BCUT2D eigenvalue weighted by Crippen LogP contribution is -2.26. The van der Waals surface area contributed by atoms with Crippen LogP contribution in [0, 0.1) is 0 Å². The summed E-state index contributed by atoms with van der Waals surface area (Å²) < 4.78 is 76.5. The maximum absolute atomic E-state index is 12.6. The molecule has 12 heteroatoms. The quantitative estimate of drug-likeness (QED) is 0.563. The SMILES string of the molecule is C[C@H](OC(F)F)c1c(C(=O)OC(C)(C)C)cnc2cc(OC(F)(F)F)nn12. The van der Waals surface area contributed by atoms with E-state index in [2.05, 4.69) is 19.6 Å². The van der Waals surface area contributed by atoms with Crippen LogP contribution in [0.3, 0.4) is 0 Å². The van der Waals surface area contributed by atoms with Crippen LogP contribution in [0.1, 0.15) is 49.9 Å². The van der Waals surface area contributed by atoms with E-state index in [-0.39, 0.29) is 16.9 Å². The summed E-state index contributed by atoms with van der Waals surface area (Å²) in [4.78, 5) is 16.2. The average molecular weight is 397 g/mol. The second kappa shape index (κ2) is 7.25. The molecule has 7 nitrogen and oxygen atoms in total. The standard InChI is InChI=1S/C15H16F5N3O4/c1-7(25-13(16)17)11-8(12(24)27-14(2,3)4)6-21-9-5-10(22-23(9)11)26-15(18,19)20/h5-7,13H,1-4H3/t7-/m0/s1. The summed E-state index contributed by atoms with van der Waals surface area (Å²) in [6.45, 7) is 2.73. The van der Waals surface area contributed by atoms with E-state index in [0.29, 0.717) is 0 Å². The van der Waals surface area contributed by atoms with Crippen molar-refractivity contribution in [1.29, 1.82) is 0 Å². The van der Waals surface area contributed by atoms with Crippen molar-refractivity contribution in [3.05, 3.63) is 23.5 Å². The lowest BCUT2D eigenvalue weighted by atomic mass is 10.1. The zero-order valence-electron chi connectivity index (χ0n) is 14.7. The van der Waals surface area contributed by atoms with E-state index >= 15 is 0 Å². The van der Waals surface area contributed by atoms with Crippen molar-refractivity contribution in [2.45, 2.75) is 52.4 Å². The monoisotopic (exact) mass is 397 g/mol. The number of rotatable bonds is 5. The van der Waals surface area contributed by atoms with Crippen LogP contribution < -0.4 is 4.74 Å². The fourth-order valence-corrected chi connectivity index (χ4v) is 2.20. The van der Waals surface area contributed by atoms with Gasteiger partial charge in [0.25, 0.3) is 0 Å². The molecular formula is C15H16F5N3O4. The molecule has 2 aromatic rings. The maximum atomic E-state index is 12.6. The number of hydrogen-bond donors (Lipinski definition) is 0. The molecule has 0 bridgehead atoms. The van der Waals surface area contributed by atoms with Gasteiger partial charge in [-0.2, -0.15) is 8.78 Å². The van der Waals surface area contributed by atoms with Gasteiger partial charge in [0.1, 0.15) is 17.3 Å². The van der Waals surface area contributed by atoms with Gasteiger partial charge in [-0.15, -0.1) is 18.3 Å². The van der Waals surface area contributed by atoms with Crippen LogP contribution >= 0.6 is 0 Å². The highest BCUT2D eigenvalue weighted by atomic mass is 19.4. The molecule has 0 unspecified atom stereocenters. The van der Waals surface area contributed by atoms with E-state index < -0.39 is 36.5 Å². The van der Waals surface area contributed by atoms with Crippen LogP contribution in [0.25, 0.3) is 5.65 Å². The second-order valence-electron chi connectivity index (χ2n) is 6.40. The number of nitrogens with zero attached hydrogens (tertiary/aromatic N) is 3. The molecule has 0 aliphatic carbocycles. The molecule has 2 heterocycles. The van der Waals surface area contributed by atoms with Gasteiger partial charge >= 0.3 is 18.9 Å². The van der Waals surface area contributed by atoms with Crippen molar-refractivity contribution in [2.75, 3.05) is 0 Å². The first kappa shape index (κ1) is 20.8. The summed E-state index contributed by atoms with van der Waals surface area (Å²) >= 11 is 0. The van der Waals surface area contributed by atoms with Crippen LogP contribution in [0.4, 0.5) is 22.0 Å². The molecule has 0 N–H and O–H groups in total. The van der Waals surface area contributed by atoms with Crippen molar-refractivity contribution in [1.82, 2.24) is 14.6 Å². The maximum Gasteiger partial charge on any atom is 0.574 e. The molecule has 0 saturated heterocycles. The van der Waals surface area contributed by atoms with E-state index in [1.54, 1.807) is 20.8 Å². The minimum atomic E-state index is -5.02. The number of aromatic nitrogens is 3. The van der Waals surface area contributed by atoms with Crippen LogP contribution in [0.5, 0.6) is 5.88 Å². The van der Waals surface area contributed by atoms with Crippen LogP contribution in [0.2, 0.25) is 0 Å². The molecule has 0 aliphatic rings. The smallest absolute Gasteiger partial charge is 0.456 e. The first-order chi connectivity index (χ1) is 12.3. The van der Waals surface area contributed by atoms with Gasteiger partial charge in [0, 0.05) is 12.3 Å². The highest BCUT2D eigenvalue weighted by molar-refractivity contribution is 5.91. The van der Waals surface area contributed by atoms with E-state index in [0.717, 1.165) is 16.8 Å². The first-order valence-corrected chi connectivity index (χ1v) is 7.58. The van der Waals surface area contributed by atoms with Crippen molar-refractivity contribution >= 4 is 11.6 Å². The zero-order chi connectivity index (χ0) is 20.6. The van der Waals surface area contributed by atoms with Gasteiger partial charge in [-0.25, -0.2) is 14.3 Å². The van der Waals surface area contributed by atoms with Crippen LogP contribution in [-0.2, 0) is 9.47 Å². The Kier molecular flexibility index (Phi) is 5.59.